The maximum atomic E-state index is 11.5. The van der Waals surface area contributed by atoms with E-state index in [-0.39, 0.29) is 16.4 Å². The number of nitrogens with zero attached hydrogens (tertiary/aromatic N) is 1. The molecule has 1 aromatic rings. The van der Waals surface area contributed by atoms with Gasteiger partial charge in [-0.2, -0.15) is 0 Å². The van der Waals surface area contributed by atoms with Gasteiger partial charge in [0.15, 0.2) is 0 Å². The molecule has 1 atom stereocenters. The number of carboxylic acids is 1. The fourth-order valence-electron chi connectivity index (χ4n) is 1.12. The van der Waals surface area contributed by atoms with E-state index in [1.807, 2.05) is 0 Å². The van der Waals surface area contributed by atoms with E-state index in [9.17, 15) is 19.7 Å². The van der Waals surface area contributed by atoms with Crippen molar-refractivity contribution in [3.63, 3.8) is 0 Å². The number of carbonyl (C=O) groups excluding carboxylic acids is 1. The van der Waals surface area contributed by atoms with E-state index in [0.29, 0.717) is 0 Å². The second kappa shape index (κ2) is 5.46. The number of rotatable bonds is 4. The summed E-state index contributed by atoms with van der Waals surface area (Å²) in [6, 6.07) is 3.62. The Labute approximate surface area is 107 Å². The molecule has 0 saturated carbocycles. The van der Waals surface area contributed by atoms with Crippen LogP contribution in [0.4, 0.5) is 11.4 Å². The standard InChI is InChI=1S/C10H9ClN2O5/c1-5(10(15)16)9(14)12-7-4-6(11)2-3-8(7)13(17)18/h2-5H,1H3,(H,12,14)(H,15,16). The van der Waals surface area contributed by atoms with Crippen molar-refractivity contribution in [2.75, 3.05) is 5.32 Å². The van der Waals surface area contributed by atoms with Crippen LogP contribution in [-0.2, 0) is 9.59 Å². The molecule has 0 spiro atoms. The molecule has 1 unspecified atom stereocenters. The summed E-state index contributed by atoms with van der Waals surface area (Å²) in [5.74, 6) is -3.49. The van der Waals surface area contributed by atoms with Gasteiger partial charge >= 0.3 is 5.97 Å². The lowest BCUT2D eigenvalue weighted by Crippen LogP contribution is -2.27. The van der Waals surface area contributed by atoms with Crippen molar-refractivity contribution >= 4 is 34.9 Å². The quantitative estimate of drug-likeness (QED) is 0.494. The summed E-state index contributed by atoms with van der Waals surface area (Å²) in [7, 11) is 0. The third-order valence-corrected chi connectivity index (χ3v) is 2.41. The van der Waals surface area contributed by atoms with Crippen LogP contribution in [0.25, 0.3) is 0 Å². The summed E-state index contributed by atoms with van der Waals surface area (Å²) in [5, 5.41) is 21.7. The highest BCUT2D eigenvalue weighted by Gasteiger charge is 2.23. The second-order valence-electron chi connectivity index (χ2n) is 3.47. The normalized spacial score (nSPS) is 11.7. The van der Waals surface area contributed by atoms with Gasteiger partial charge in [-0.05, 0) is 19.1 Å². The van der Waals surface area contributed by atoms with Gasteiger partial charge in [0, 0.05) is 11.1 Å². The first kappa shape index (κ1) is 13.9. The Morgan fingerprint density at radius 3 is 2.61 bits per heavy atom. The summed E-state index contributed by atoms with van der Waals surface area (Å²) in [6.45, 7) is 1.17. The number of hydrogen-bond donors (Lipinski definition) is 2. The number of anilines is 1. The van der Waals surface area contributed by atoms with Crippen molar-refractivity contribution < 1.29 is 19.6 Å². The average Bonchev–Trinajstić information content (AvgIpc) is 2.27. The molecule has 2 N–H and O–H groups in total. The zero-order valence-corrected chi connectivity index (χ0v) is 9.97. The van der Waals surface area contributed by atoms with E-state index < -0.39 is 22.7 Å². The van der Waals surface area contributed by atoms with Crippen LogP contribution in [-0.4, -0.2) is 21.9 Å². The van der Waals surface area contributed by atoms with Crippen molar-refractivity contribution in [3.05, 3.63) is 33.3 Å². The van der Waals surface area contributed by atoms with E-state index in [2.05, 4.69) is 5.32 Å². The largest absolute Gasteiger partial charge is 0.481 e. The zero-order valence-electron chi connectivity index (χ0n) is 9.21. The first-order valence-electron chi connectivity index (χ1n) is 4.80. The molecule has 8 heteroatoms. The number of aliphatic carboxylic acids is 1. The van der Waals surface area contributed by atoms with Crippen LogP contribution >= 0.6 is 11.6 Å². The minimum atomic E-state index is -1.32. The van der Waals surface area contributed by atoms with Crippen molar-refractivity contribution in [1.82, 2.24) is 0 Å². The molecular weight excluding hydrogens is 264 g/mol. The summed E-state index contributed by atoms with van der Waals surface area (Å²) in [4.78, 5) is 32.1. The van der Waals surface area contributed by atoms with Crippen molar-refractivity contribution in [3.8, 4) is 0 Å². The number of nitro groups is 1. The molecule has 96 valence electrons. The molecule has 0 heterocycles. The minimum Gasteiger partial charge on any atom is -0.481 e. The predicted octanol–water partition coefficient (Wildman–Crippen LogP) is 1.91. The summed E-state index contributed by atoms with van der Waals surface area (Å²) < 4.78 is 0. The first-order valence-corrected chi connectivity index (χ1v) is 5.18. The van der Waals surface area contributed by atoms with Crippen LogP contribution in [0.5, 0.6) is 0 Å². The summed E-state index contributed by atoms with van der Waals surface area (Å²) in [6.07, 6.45) is 0. The second-order valence-corrected chi connectivity index (χ2v) is 3.90. The monoisotopic (exact) mass is 272 g/mol. The molecule has 0 aliphatic carbocycles. The van der Waals surface area contributed by atoms with Crippen LogP contribution in [0, 0.1) is 16.0 Å². The van der Waals surface area contributed by atoms with Crippen LogP contribution in [0.1, 0.15) is 6.92 Å². The maximum absolute atomic E-state index is 11.5. The Balaban J connectivity index is 3.03. The minimum absolute atomic E-state index is 0.134. The Morgan fingerprint density at radius 2 is 2.11 bits per heavy atom. The van der Waals surface area contributed by atoms with Crippen LogP contribution in [0.15, 0.2) is 18.2 Å². The molecule has 0 aromatic heterocycles. The molecule has 1 amide bonds. The molecule has 0 saturated heterocycles. The predicted molar refractivity (Wildman–Crippen MR) is 63.5 cm³/mol. The van der Waals surface area contributed by atoms with Gasteiger partial charge in [0.2, 0.25) is 5.91 Å². The summed E-state index contributed by atoms with van der Waals surface area (Å²) in [5.41, 5.74) is -0.490. The number of nitrogens with one attached hydrogen (secondary N) is 1. The van der Waals surface area contributed by atoms with Crippen molar-refractivity contribution in [1.29, 1.82) is 0 Å². The van der Waals surface area contributed by atoms with Gasteiger partial charge in [0.25, 0.3) is 5.69 Å². The fourth-order valence-corrected chi connectivity index (χ4v) is 1.29. The number of carboxylic acid groups (broad SMARTS) is 1. The van der Waals surface area contributed by atoms with Gasteiger partial charge in [-0.1, -0.05) is 11.6 Å². The Hall–Kier alpha value is -2.15. The van der Waals surface area contributed by atoms with E-state index in [1.54, 1.807) is 0 Å². The smallest absolute Gasteiger partial charge is 0.315 e. The maximum Gasteiger partial charge on any atom is 0.315 e. The highest BCUT2D eigenvalue weighted by Crippen LogP contribution is 2.27. The molecule has 1 rings (SSSR count). The first-order chi connectivity index (χ1) is 8.32. The highest BCUT2D eigenvalue weighted by molar-refractivity contribution is 6.31. The molecule has 0 aliphatic rings. The fraction of sp³-hybridized carbons (Fsp3) is 0.200. The number of nitro benzene ring substituents is 1. The molecule has 0 radical (unpaired) electrons. The van der Waals surface area contributed by atoms with Crippen molar-refractivity contribution in [2.45, 2.75) is 6.92 Å². The number of benzene rings is 1. The van der Waals surface area contributed by atoms with Gasteiger partial charge in [-0.3, -0.25) is 19.7 Å². The van der Waals surface area contributed by atoms with E-state index in [0.717, 1.165) is 6.07 Å². The lowest BCUT2D eigenvalue weighted by atomic mass is 10.1. The summed E-state index contributed by atoms with van der Waals surface area (Å²) >= 11 is 5.66. The zero-order chi connectivity index (χ0) is 13.9. The SMILES string of the molecule is CC(C(=O)O)C(=O)Nc1cc(Cl)ccc1[N+](=O)[O-]. The van der Waals surface area contributed by atoms with E-state index in [1.165, 1.54) is 19.1 Å². The third kappa shape index (κ3) is 3.17. The van der Waals surface area contributed by atoms with Crippen molar-refractivity contribution in [2.24, 2.45) is 5.92 Å². The highest BCUT2D eigenvalue weighted by atomic mass is 35.5. The van der Waals surface area contributed by atoms with E-state index in [4.69, 9.17) is 16.7 Å². The topological polar surface area (TPSA) is 110 Å². The number of halogens is 1. The molecule has 7 nitrogen and oxygen atoms in total. The number of hydrogen-bond acceptors (Lipinski definition) is 4. The molecule has 0 aliphatic heterocycles. The lowest BCUT2D eigenvalue weighted by molar-refractivity contribution is -0.383. The van der Waals surface area contributed by atoms with Crippen LogP contribution in [0.2, 0.25) is 5.02 Å². The van der Waals surface area contributed by atoms with Crippen LogP contribution in [0.3, 0.4) is 0 Å². The molecule has 1 aromatic carbocycles. The Morgan fingerprint density at radius 1 is 1.50 bits per heavy atom. The lowest BCUT2D eigenvalue weighted by Gasteiger charge is -2.08. The number of amides is 1. The third-order valence-electron chi connectivity index (χ3n) is 2.18. The number of carbonyl (C=O) groups is 2. The molecule has 18 heavy (non-hydrogen) atoms. The Kier molecular flexibility index (Phi) is 4.22. The van der Waals surface area contributed by atoms with E-state index >= 15 is 0 Å². The average molecular weight is 273 g/mol. The van der Waals surface area contributed by atoms with Gasteiger partial charge in [0.1, 0.15) is 11.6 Å². The molecule has 0 bridgehead atoms. The van der Waals surface area contributed by atoms with Gasteiger partial charge in [0.05, 0.1) is 4.92 Å². The van der Waals surface area contributed by atoms with Crippen LogP contribution < -0.4 is 5.32 Å². The van der Waals surface area contributed by atoms with Gasteiger partial charge in [-0.15, -0.1) is 0 Å². The van der Waals surface area contributed by atoms with Gasteiger partial charge < -0.3 is 10.4 Å². The van der Waals surface area contributed by atoms with Gasteiger partial charge in [-0.25, -0.2) is 0 Å². The molecule has 0 fully saturated rings. The Bertz CT molecular complexity index is 517. The molecular formula is C10H9ClN2O5.